The summed E-state index contributed by atoms with van der Waals surface area (Å²) in [5.74, 6) is -1.79. The molecule has 0 saturated heterocycles. The molecule has 0 spiro atoms. The SMILES string of the molecule is CCOC(=O)C1(C#N)CC(C)(C)C/C1=C\C(=O)O. The Kier molecular flexibility index (Phi) is 3.80. The maximum atomic E-state index is 12.0. The summed E-state index contributed by atoms with van der Waals surface area (Å²) < 4.78 is 4.93. The highest BCUT2D eigenvalue weighted by atomic mass is 16.5. The number of rotatable bonds is 3. The normalized spacial score (nSPS) is 27.8. The van der Waals surface area contributed by atoms with Gasteiger partial charge in [0.1, 0.15) is 0 Å². The van der Waals surface area contributed by atoms with Crippen molar-refractivity contribution in [3.05, 3.63) is 11.6 Å². The van der Waals surface area contributed by atoms with Gasteiger partial charge in [-0.05, 0) is 30.8 Å². The zero-order valence-electron chi connectivity index (χ0n) is 10.8. The van der Waals surface area contributed by atoms with Gasteiger partial charge in [0.2, 0.25) is 0 Å². The minimum absolute atomic E-state index is 0.170. The van der Waals surface area contributed by atoms with Crippen LogP contribution in [-0.4, -0.2) is 23.7 Å². The molecule has 18 heavy (non-hydrogen) atoms. The van der Waals surface area contributed by atoms with Crippen molar-refractivity contribution in [2.24, 2.45) is 10.8 Å². The maximum Gasteiger partial charge on any atom is 0.330 e. The van der Waals surface area contributed by atoms with E-state index in [0.717, 1.165) is 6.08 Å². The maximum absolute atomic E-state index is 12.0. The molecule has 1 aliphatic rings. The van der Waals surface area contributed by atoms with Crippen LogP contribution in [0.1, 0.15) is 33.6 Å². The van der Waals surface area contributed by atoms with E-state index in [4.69, 9.17) is 9.84 Å². The number of nitrogens with zero attached hydrogens (tertiary/aromatic N) is 1. The van der Waals surface area contributed by atoms with Crippen molar-refractivity contribution in [2.45, 2.75) is 33.6 Å². The smallest absolute Gasteiger partial charge is 0.330 e. The zero-order chi connectivity index (χ0) is 14.0. The minimum atomic E-state index is -1.45. The Balaban J connectivity index is 3.26. The molecule has 1 rings (SSSR count). The van der Waals surface area contributed by atoms with Crippen molar-refractivity contribution >= 4 is 11.9 Å². The van der Waals surface area contributed by atoms with Gasteiger partial charge in [-0.15, -0.1) is 0 Å². The molecule has 1 saturated carbocycles. The number of carboxylic acids is 1. The molecule has 1 N–H and O–H groups in total. The summed E-state index contributed by atoms with van der Waals surface area (Å²) in [6.45, 7) is 5.63. The van der Waals surface area contributed by atoms with Crippen molar-refractivity contribution in [3.8, 4) is 6.07 Å². The number of carboxylic acid groups (broad SMARTS) is 1. The Labute approximate surface area is 106 Å². The Morgan fingerprint density at radius 1 is 1.56 bits per heavy atom. The second-order valence-corrected chi connectivity index (χ2v) is 5.26. The Hall–Kier alpha value is -1.83. The molecule has 0 bridgehead atoms. The van der Waals surface area contributed by atoms with Crippen LogP contribution in [-0.2, 0) is 14.3 Å². The van der Waals surface area contributed by atoms with Gasteiger partial charge in [-0.1, -0.05) is 13.8 Å². The van der Waals surface area contributed by atoms with Crippen LogP contribution < -0.4 is 0 Å². The van der Waals surface area contributed by atoms with Crippen LogP contribution in [0.2, 0.25) is 0 Å². The van der Waals surface area contributed by atoms with Gasteiger partial charge in [0.05, 0.1) is 12.7 Å². The second kappa shape index (κ2) is 4.81. The molecule has 0 aromatic carbocycles. The fourth-order valence-corrected chi connectivity index (χ4v) is 2.50. The molecular weight excluding hydrogens is 234 g/mol. The molecule has 1 atom stereocenters. The second-order valence-electron chi connectivity index (χ2n) is 5.26. The topological polar surface area (TPSA) is 87.4 Å². The first kappa shape index (κ1) is 14.2. The average molecular weight is 251 g/mol. The number of hydrogen-bond donors (Lipinski definition) is 1. The van der Waals surface area contributed by atoms with Gasteiger partial charge >= 0.3 is 11.9 Å². The monoisotopic (exact) mass is 251 g/mol. The Morgan fingerprint density at radius 3 is 2.61 bits per heavy atom. The highest BCUT2D eigenvalue weighted by molar-refractivity contribution is 5.89. The van der Waals surface area contributed by atoms with Crippen molar-refractivity contribution < 1.29 is 19.4 Å². The molecule has 5 heteroatoms. The molecular formula is C13H17NO4. The van der Waals surface area contributed by atoms with E-state index in [9.17, 15) is 14.9 Å². The van der Waals surface area contributed by atoms with Gasteiger partial charge in [0.25, 0.3) is 0 Å². The molecule has 0 amide bonds. The predicted molar refractivity (Wildman–Crippen MR) is 63.4 cm³/mol. The van der Waals surface area contributed by atoms with Gasteiger partial charge in [0, 0.05) is 6.08 Å². The van der Waals surface area contributed by atoms with E-state index in [1.807, 2.05) is 19.9 Å². The van der Waals surface area contributed by atoms with Crippen LogP contribution >= 0.6 is 0 Å². The van der Waals surface area contributed by atoms with Crippen molar-refractivity contribution in [3.63, 3.8) is 0 Å². The standard InChI is InChI=1S/C13H17NO4/c1-4-18-11(17)13(8-14)7-12(2,3)6-9(13)5-10(15)16/h5H,4,6-7H2,1-3H3,(H,15,16)/b9-5+. The molecule has 1 unspecified atom stereocenters. The fraction of sp³-hybridized carbons (Fsp3) is 0.615. The number of ether oxygens (including phenoxy) is 1. The predicted octanol–water partition coefficient (Wildman–Crippen LogP) is 1.89. The average Bonchev–Trinajstić information content (AvgIpc) is 2.49. The molecule has 98 valence electrons. The van der Waals surface area contributed by atoms with Crippen molar-refractivity contribution in [1.82, 2.24) is 0 Å². The number of hydrogen-bond acceptors (Lipinski definition) is 4. The number of carbonyl (C=O) groups excluding carboxylic acids is 1. The van der Waals surface area contributed by atoms with Crippen molar-refractivity contribution in [1.29, 1.82) is 5.26 Å². The lowest BCUT2D eigenvalue weighted by Crippen LogP contribution is -2.31. The third-order valence-corrected chi connectivity index (χ3v) is 3.07. The molecule has 0 aliphatic heterocycles. The third-order valence-electron chi connectivity index (χ3n) is 3.07. The minimum Gasteiger partial charge on any atom is -0.478 e. The summed E-state index contributed by atoms with van der Waals surface area (Å²) >= 11 is 0. The van der Waals surface area contributed by atoms with E-state index >= 15 is 0 Å². The van der Waals surface area contributed by atoms with Gasteiger partial charge < -0.3 is 9.84 Å². The number of carbonyl (C=O) groups is 2. The van der Waals surface area contributed by atoms with Gasteiger partial charge in [0.15, 0.2) is 5.41 Å². The molecule has 5 nitrogen and oxygen atoms in total. The molecule has 0 aromatic rings. The van der Waals surface area contributed by atoms with Crippen molar-refractivity contribution in [2.75, 3.05) is 6.61 Å². The van der Waals surface area contributed by atoms with E-state index in [1.165, 1.54) is 0 Å². The lowest BCUT2D eigenvalue weighted by atomic mass is 9.81. The quantitative estimate of drug-likeness (QED) is 0.611. The van der Waals surface area contributed by atoms with E-state index in [-0.39, 0.29) is 18.4 Å². The molecule has 0 heterocycles. The van der Waals surface area contributed by atoms with Crippen LogP contribution in [0.25, 0.3) is 0 Å². The van der Waals surface area contributed by atoms with Crippen LogP contribution in [0, 0.1) is 22.2 Å². The van der Waals surface area contributed by atoms with Crippen LogP contribution in [0.3, 0.4) is 0 Å². The largest absolute Gasteiger partial charge is 0.478 e. The summed E-state index contributed by atoms with van der Waals surface area (Å²) in [7, 11) is 0. The lowest BCUT2D eigenvalue weighted by molar-refractivity contribution is -0.150. The first-order chi connectivity index (χ1) is 8.27. The molecule has 1 fully saturated rings. The first-order valence-electron chi connectivity index (χ1n) is 5.80. The van der Waals surface area contributed by atoms with E-state index < -0.39 is 17.4 Å². The summed E-state index contributed by atoms with van der Waals surface area (Å²) in [6.07, 6.45) is 1.66. The fourth-order valence-electron chi connectivity index (χ4n) is 2.50. The Morgan fingerprint density at radius 2 is 2.17 bits per heavy atom. The third kappa shape index (κ3) is 2.53. The van der Waals surface area contributed by atoms with Gasteiger partial charge in [-0.2, -0.15) is 5.26 Å². The summed E-state index contributed by atoms with van der Waals surface area (Å²) in [6, 6.07) is 1.97. The van der Waals surface area contributed by atoms with E-state index in [2.05, 4.69) is 0 Å². The lowest BCUT2D eigenvalue weighted by Gasteiger charge is -2.22. The summed E-state index contributed by atoms with van der Waals surface area (Å²) in [5, 5.41) is 18.2. The Bertz CT molecular complexity index is 444. The van der Waals surface area contributed by atoms with E-state index in [1.54, 1.807) is 6.92 Å². The number of aliphatic carboxylic acids is 1. The number of nitriles is 1. The van der Waals surface area contributed by atoms with Gasteiger partial charge in [-0.3, -0.25) is 0 Å². The van der Waals surface area contributed by atoms with Crippen LogP contribution in [0.5, 0.6) is 0 Å². The zero-order valence-corrected chi connectivity index (χ0v) is 10.8. The molecule has 1 aliphatic carbocycles. The highest BCUT2D eigenvalue weighted by Crippen LogP contribution is 2.53. The first-order valence-corrected chi connectivity index (χ1v) is 5.80. The molecule has 0 aromatic heterocycles. The highest BCUT2D eigenvalue weighted by Gasteiger charge is 2.54. The molecule has 0 radical (unpaired) electrons. The summed E-state index contributed by atoms with van der Waals surface area (Å²) in [4.78, 5) is 22.8. The summed E-state index contributed by atoms with van der Waals surface area (Å²) in [5.41, 5.74) is -1.40. The van der Waals surface area contributed by atoms with E-state index in [0.29, 0.717) is 12.0 Å². The number of esters is 1. The van der Waals surface area contributed by atoms with Gasteiger partial charge in [-0.25, -0.2) is 9.59 Å². The van der Waals surface area contributed by atoms with Crippen LogP contribution in [0.15, 0.2) is 11.6 Å². The van der Waals surface area contributed by atoms with Crippen LogP contribution in [0.4, 0.5) is 0 Å².